The molecule has 120 valence electrons. The van der Waals surface area contributed by atoms with Crippen molar-refractivity contribution in [3.63, 3.8) is 0 Å². The first-order valence-corrected chi connectivity index (χ1v) is 8.12. The molecular formula is C20H28O2. The zero-order valence-corrected chi connectivity index (χ0v) is 14.9. The maximum atomic E-state index is 12.6. The number of allylic oxidation sites excluding steroid dienone is 2. The van der Waals surface area contributed by atoms with Crippen molar-refractivity contribution in [2.75, 3.05) is 0 Å². The van der Waals surface area contributed by atoms with Gasteiger partial charge in [-0.2, -0.15) is 0 Å². The molecule has 1 aromatic carbocycles. The van der Waals surface area contributed by atoms with Crippen molar-refractivity contribution in [2.45, 2.75) is 54.4 Å². The van der Waals surface area contributed by atoms with Gasteiger partial charge in [0.2, 0.25) is 0 Å². The first-order chi connectivity index (χ1) is 10.1. The number of carbonyl (C=O) groups is 1. The Kier molecular flexibility index (Phi) is 4.51. The summed E-state index contributed by atoms with van der Waals surface area (Å²) in [6, 6.07) is 6.10. The summed E-state index contributed by atoms with van der Waals surface area (Å²) in [5.74, 6) is 1.21. The van der Waals surface area contributed by atoms with Crippen molar-refractivity contribution < 1.29 is 9.53 Å². The molecule has 0 heterocycles. The number of esters is 1. The lowest BCUT2D eigenvalue weighted by Crippen LogP contribution is -2.15. The molecule has 2 nitrogen and oxygen atoms in total. The smallest absolute Gasteiger partial charge is 0.315 e. The molecule has 0 aromatic heterocycles. The highest BCUT2D eigenvalue weighted by atomic mass is 16.5. The number of aryl methyl sites for hydroxylation is 1. The van der Waals surface area contributed by atoms with Crippen LogP contribution in [0, 0.1) is 24.2 Å². The van der Waals surface area contributed by atoms with Crippen LogP contribution in [0.3, 0.4) is 0 Å². The summed E-state index contributed by atoms with van der Waals surface area (Å²) in [4.78, 5) is 12.6. The monoisotopic (exact) mass is 300 g/mol. The van der Waals surface area contributed by atoms with Gasteiger partial charge in [-0.15, -0.1) is 0 Å². The largest absolute Gasteiger partial charge is 0.426 e. The number of benzene rings is 1. The van der Waals surface area contributed by atoms with Crippen LogP contribution in [0.5, 0.6) is 5.75 Å². The maximum Gasteiger partial charge on any atom is 0.315 e. The van der Waals surface area contributed by atoms with E-state index in [4.69, 9.17) is 4.74 Å². The van der Waals surface area contributed by atoms with Crippen LogP contribution in [-0.4, -0.2) is 5.97 Å². The Balaban J connectivity index is 2.20. The fourth-order valence-corrected chi connectivity index (χ4v) is 3.18. The third-order valence-electron chi connectivity index (χ3n) is 4.68. The summed E-state index contributed by atoms with van der Waals surface area (Å²) in [6.07, 6.45) is 2.20. The lowest BCUT2D eigenvalue weighted by molar-refractivity contribution is -0.136. The highest BCUT2D eigenvalue weighted by molar-refractivity contribution is 5.80. The van der Waals surface area contributed by atoms with Crippen LogP contribution in [0.2, 0.25) is 0 Å². The zero-order chi connectivity index (χ0) is 16.7. The van der Waals surface area contributed by atoms with Crippen molar-refractivity contribution in [1.29, 1.82) is 0 Å². The van der Waals surface area contributed by atoms with Gasteiger partial charge in [-0.25, -0.2) is 0 Å². The van der Waals surface area contributed by atoms with Crippen LogP contribution in [-0.2, 0) is 4.79 Å². The Morgan fingerprint density at radius 1 is 1.27 bits per heavy atom. The van der Waals surface area contributed by atoms with Gasteiger partial charge in [-0.3, -0.25) is 4.79 Å². The van der Waals surface area contributed by atoms with E-state index in [9.17, 15) is 4.79 Å². The highest BCUT2D eigenvalue weighted by Gasteiger charge is 2.61. The summed E-state index contributed by atoms with van der Waals surface area (Å²) < 4.78 is 5.79. The molecule has 0 spiro atoms. The molecule has 1 aliphatic carbocycles. The summed E-state index contributed by atoms with van der Waals surface area (Å²) in [5.41, 5.74) is 3.46. The standard InChI is InChI=1S/C20H28O2/c1-12(2)10-16-18(20(16,6)7)19(21)22-17-11-14(5)8-9-15(17)13(3)4/h8-11,13,16,18H,1-7H3/t16-,18-/m0/s1. The first-order valence-electron chi connectivity index (χ1n) is 8.12. The molecule has 2 rings (SSSR count). The van der Waals surface area contributed by atoms with Crippen LogP contribution < -0.4 is 4.74 Å². The van der Waals surface area contributed by atoms with Crippen molar-refractivity contribution in [2.24, 2.45) is 17.3 Å². The minimum absolute atomic E-state index is 0.00380. The van der Waals surface area contributed by atoms with Crippen molar-refractivity contribution in [1.82, 2.24) is 0 Å². The Hall–Kier alpha value is -1.57. The highest BCUT2D eigenvalue weighted by Crippen LogP contribution is 2.59. The van der Waals surface area contributed by atoms with Gasteiger partial charge in [0.1, 0.15) is 5.75 Å². The Bertz CT molecular complexity index is 604. The molecule has 2 heteroatoms. The predicted octanol–water partition coefficient (Wildman–Crippen LogP) is 5.26. The third kappa shape index (κ3) is 3.26. The van der Waals surface area contributed by atoms with Gasteiger partial charge in [0, 0.05) is 0 Å². The fraction of sp³-hybridized carbons (Fsp3) is 0.550. The Labute approximate surface area is 134 Å². The van der Waals surface area contributed by atoms with E-state index in [1.165, 1.54) is 5.57 Å². The second kappa shape index (κ2) is 5.91. The summed E-state index contributed by atoms with van der Waals surface area (Å²) in [7, 11) is 0. The molecule has 0 bridgehead atoms. The van der Waals surface area contributed by atoms with E-state index in [2.05, 4.69) is 59.8 Å². The normalized spacial score (nSPS) is 22.4. The molecule has 0 unspecified atom stereocenters. The number of hydrogen-bond acceptors (Lipinski definition) is 2. The molecule has 22 heavy (non-hydrogen) atoms. The summed E-state index contributed by atoms with van der Waals surface area (Å²) in [6.45, 7) is 14.7. The van der Waals surface area contributed by atoms with E-state index in [0.717, 1.165) is 16.9 Å². The Morgan fingerprint density at radius 2 is 1.91 bits per heavy atom. The average Bonchev–Trinajstić information content (AvgIpc) is 2.89. The molecule has 0 saturated heterocycles. The van der Waals surface area contributed by atoms with E-state index in [0.29, 0.717) is 5.92 Å². The molecule has 0 amide bonds. The molecule has 1 fully saturated rings. The number of ether oxygens (including phenoxy) is 1. The number of rotatable bonds is 4. The van der Waals surface area contributed by atoms with E-state index in [-0.39, 0.29) is 23.2 Å². The SMILES string of the molecule is CC(C)=C[C@H]1[C@@H](C(=O)Oc2cc(C)ccc2C(C)C)C1(C)C. The average molecular weight is 300 g/mol. The second-order valence-corrected chi connectivity index (χ2v) is 7.69. The topological polar surface area (TPSA) is 26.3 Å². The van der Waals surface area contributed by atoms with Crippen LogP contribution in [0.25, 0.3) is 0 Å². The quantitative estimate of drug-likeness (QED) is 0.430. The minimum atomic E-state index is -0.0972. The van der Waals surface area contributed by atoms with Gasteiger partial charge in [0.15, 0.2) is 0 Å². The molecule has 2 atom stereocenters. The van der Waals surface area contributed by atoms with Crippen LogP contribution in [0.4, 0.5) is 0 Å². The molecule has 0 aliphatic heterocycles. The van der Waals surface area contributed by atoms with Crippen LogP contribution in [0.1, 0.15) is 58.6 Å². The van der Waals surface area contributed by atoms with Gasteiger partial charge >= 0.3 is 5.97 Å². The van der Waals surface area contributed by atoms with E-state index >= 15 is 0 Å². The maximum absolute atomic E-state index is 12.6. The number of carbonyl (C=O) groups excluding carboxylic acids is 1. The second-order valence-electron chi connectivity index (χ2n) is 7.69. The summed E-state index contributed by atoms with van der Waals surface area (Å²) in [5, 5.41) is 0. The molecular weight excluding hydrogens is 272 g/mol. The van der Waals surface area contributed by atoms with Gasteiger partial charge in [0.25, 0.3) is 0 Å². The van der Waals surface area contributed by atoms with Crippen LogP contribution in [0.15, 0.2) is 29.8 Å². The molecule has 1 aromatic rings. The van der Waals surface area contributed by atoms with E-state index < -0.39 is 0 Å². The minimum Gasteiger partial charge on any atom is -0.426 e. The molecule has 0 radical (unpaired) electrons. The lowest BCUT2D eigenvalue weighted by atomic mass is 10.0. The van der Waals surface area contributed by atoms with E-state index in [1.54, 1.807) is 0 Å². The lowest BCUT2D eigenvalue weighted by Gasteiger charge is -2.14. The van der Waals surface area contributed by atoms with Gasteiger partial charge in [-0.1, -0.05) is 51.5 Å². The fourth-order valence-electron chi connectivity index (χ4n) is 3.18. The summed E-state index contributed by atoms with van der Waals surface area (Å²) >= 11 is 0. The van der Waals surface area contributed by atoms with Gasteiger partial charge < -0.3 is 4.74 Å². The molecule has 0 N–H and O–H groups in total. The zero-order valence-electron chi connectivity index (χ0n) is 14.9. The van der Waals surface area contributed by atoms with Crippen LogP contribution >= 0.6 is 0 Å². The van der Waals surface area contributed by atoms with E-state index in [1.807, 2.05) is 13.0 Å². The Morgan fingerprint density at radius 3 is 2.45 bits per heavy atom. The van der Waals surface area contributed by atoms with Gasteiger partial charge in [0.05, 0.1) is 5.92 Å². The number of hydrogen-bond donors (Lipinski definition) is 0. The molecule has 1 saturated carbocycles. The molecule has 1 aliphatic rings. The first kappa shape index (κ1) is 16.8. The van der Waals surface area contributed by atoms with Crippen molar-refractivity contribution >= 4 is 5.97 Å². The van der Waals surface area contributed by atoms with Gasteiger partial charge in [-0.05, 0) is 55.2 Å². The van der Waals surface area contributed by atoms with Crippen molar-refractivity contribution in [3.05, 3.63) is 41.0 Å². The predicted molar refractivity (Wildman–Crippen MR) is 91.1 cm³/mol. The van der Waals surface area contributed by atoms with Crippen molar-refractivity contribution in [3.8, 4) is 5.75 Å². The third-order valence-corrected chi connectivity index (χ3v) is 4.68.